The van der Waals surface area contributed by atoms with E-state index in [-0.39, 0.29) is 11.3 Å². The highest BCUT2D eigenvalue weighted by atomic mass is 79.9. The molecule has 0 fully saturated rings. The summed E-state index contributed by atoms with van der Waals surface area (Å²) in [5.41, 5.74) is 1.33. The first-order chi connectivity index (χ1) is 7.56. The first-order valence-corrected chi connectivity index (χ1v) is 5.72. The quantitative estimate of drug-likeness (QED) is 0.685. The molecule has 0 aliphatic heterocycles. The number of hydrogen-bond donors (Lipinski definition) is 1. The molecule has 1 N–H and O–H groups in total. The Morgan fingerprint density at radius 1 is 1.50 bits per heavy atom. The van der Waals surface area contributed by atoms with Crippen LogP contribution in [0.4, 0.5) is 0 Å². The van der Waals surface area contributed by atoms with E-state index in [1.807, 2.05) is 0 Å². The molecule has 1 aromatic rings. The number of aromatic hydroxyl groups is 1. The highest BCUT2D eigenvalue weighted by Crippen LogP contribution is 2.34. The van der Waals surface area contributed by atoms with E-state index >= 15 is 0 Å². The van der Waals surface area contributed by atoms with Crippen LogP contribution < -0.4 is 4.74 Å². The molecule has 0 unspecified atom stereocenters. The van der Waals surface area contributed by atoms with Crippen LogP contribution >= 0.6 is 15.9 Å². The summed E-state index contributed by atoms with van der Waals surface area (Å²) < 4.78 is 9.73. The van der Waals surface area contributed by atoms with E-state index in [9.17, 15) is 9.90 Å². The monoisotopic (exact) mass is 288 g/mol. The number of halogens is 1. The smallest absolute Gasteiger partial charge is 0.341 e. The van der Waals surface area contributed by atoms with E-state index in [0.29, 0.717) is 22.2 Å². The van der Waals surface area contributed by atoms with E-state index in [1.165, 1.54) is 14.2 Å². The molecule has 1 aromatic carbocycles. The van der Waals surface area contributed by atoms with Gasteiger partial charge in [-0.25, -0.2) is 4.79 Å². The summed E-state index contributed by atoms with van der Waals surface area (Å²) in [6, 6.07) is 1.70. The van der Waals surface area contributed by atoms with Crippen LogP contribution in [0.3, 0.4) is 0 Å². The molecule has 0 atom stereocenters. The number of phenols is 1. The number of esters is 1. The zero-order chi connectivity index (χ0) is 12.3. The van der Waals surface area contributed by atoms with Gasteiger partial charge in [0, 0.05) is 10.9 Å². The normalized spacial score (nSPS) is 10.0. The van der Waals surface area contributed by atoms with Crippen LogP contribution in [0.5, 0.6) is 11.5 Å². The predicted molar refractivity (Wildman–Crippen MR) is 63.4 cm³/mol. The molecule has 0 spiro atoms. The number of carbonyl (C=O) groups excluding carboxylic acids is 1. The number of phenolic OH excluding ortho intramolecular Hbond substituents is 1. The van der Waals surface area contributed by atoms with Crippen LogP contribution in [-0.2, 0) is 10.1 Å². The topological polar surface area (TPSA) is 55.8 Å². The van der Waals surface area contributed by atoms with E-state index in [2.05, 4.69) is 20.7 Å². The van der Waals surface area contributed by atoms with Crippen LogP contribution in [0.1, 0.15) is 21.5 Å². The minimum atomic E-state index is -0.558. The number of methoxy groups -OCH3 is 2. The number of benzene rings is 1. The molecule has 0 heterocycles. The Morgan fingerprint density at radius 3 is 2.56 bits per heavy atom. The van der Waals surface area contributed by atoms with Gasteiger partial charge in [0.05, 0.1) is 14.2 Å². The van der Waals surface area contributed by atoms with Crippen LogP contribution in [0, 0.1) is 6.92 Å². The van der Waals surface area contributed by atoms with Crippen molar-refractivity contribution >= 4 is 21.9 Å². The molecule has 0 radical (unpaired) electrons. The highest BCUT2D eigenvalue weighted by Gasteiger charge is 2.21. The molecule has 0 saturated carbocycles. The van der Waals surface area contributed by atoms with Crippen molar-refractivity contribution in [2.24, 2.45) is 0 Å². The summed E-state index contributed by atoms with van der Waals surface area (Å²) in [6.45, 7) is 1.68. The van der Waals surface area contributed by atoms with Crippen molar-refractivity contribution < 1.29 is 19.4 Å². The maximum Gasteiger partial charge on any atom is 0.341 e. The van der Waals surface area contributed by atoms with Crippen LogP contribution in [-0.4, -0.2) is 25.3 Å². The Kier molecular flexibility index (Phi) is 4.18. The van der Waals surface area contributed by atoms with Crippen LogP contribution in [0.15, 0.2) is 6.07 Å². The number of ether oxygens (including phenoxy) is 2. The van der Waals surface area contributed by atoms with Gasteiger partial charge < -0.3 is 14.6 Å². The summed E-state index contributed by atoms with van der Waals surface area (Å²) in [4.78, 5) is 11.5. The van der Waals surface area contributed by atoms with Gasteiger partial charge in [0.15, 0.2) is 0 Å². The second kappa shape index (κ2) is 5.21. The first-order valence-electron chi connectivity index (χ1n) is 4.60. The third kappa shape index (κ3) is 2.14. The molecule has 5 heteroatoms. The van der Waals surface area contributed by atoms with Gasteiger partial charge in [-0.05, 0) is 18.6 Å². The molecule has 0 bridgehead atoms. The van der Waals surface area contributed by atoms with Gasteiger partial charge in [-0.1, -0.05) is 15.9 Å². The zero-order valence-electron chi connectivity index (χ0n) is 9.33. The maximum absolute atomic E-state index is 11.5. The summed E-state index contributed by atoms with van der Waals surface area (Å²) in [7, 11) is 2.79. The third-order valence-corrected chi connectivity index (χ3v) is 2.95. The first kappa shape index (κ1) is 12.8. The molecular formula is C11H13BrO4. The molecule has 0 amide bonds. The van der Waals surface area contributed by atoms with Gasteiger partial charge in [0.2, 0.25) is 0 Å². The fourth-order valence-electron chi connectivity index (χ4n) is 1.44. The average Bonchev–Trinajstić information content (AvgIpc) is 2.31. The van der Waals surface area contributed by atoms with Crippen LogP contribution in [0.25, 0.3) is 0 Å². The fraction of sp³-hybridized carbons (Fsp3) is 0.364. The van der Waals surface area contributed by atoms with Gasteiger partial charge >= 0.3 is 5.97 Å². The lowest BCUT2D eigenvalue weighted by Crippen LogP contribution is -2.07. The highest BCUT2D eigenvalue weighted by molar-refractivity contribution is 9.08. The minimum absolute atomic E-state index is 0.0966. The Hall–Kier alpha value is -1.23. The largest absolute Gasteiger partial charge is 0.507 e. The van der Waals surface area contributed by atoms with Gasteiger partial charge in [-0.3, -0.25) is 0 Å². The lowest BCUT2D eigenvalue weighted by molar-refractivity contribution is 0.0596. The molecular weight excluding hydrogens is 276 g/mol. The molecule has 0 saturated heterocycles. The van der Waals surface area contributed by atoms with E-state index in [0.717, 1.165) is 0 Å². The Labute approximate surface area is 102 Å². The van der Waals surface area contributed by atoms with Crippen molar-refractivity contribution in [3.63, 3.8) is 0 Å². The standard InChI is InChI=1S/C11H13BrO4/c1-6-8(15-2)4-7(5-12)9(10(6)13)11(14)16-3/h4,13H,5H2,1-3H3. The molecule has 0 aromatic heterocycles. The maximum atomic E-state index is 11.5. The molecule has 16 heavy (non-hydrogen) atoms. The van der Waals surface area contributed by atoms with Gasteiger partial charge in [-0.15, -0.1) is 0 Å². The van der Waals surface area contributed by atoms with Crippen LogP contribution in [0.2, 0.25) is 0 Å². The molecule has 1 rings (SSSR count). The molecule has 0 aliphatic carbocycles. The second-order valence-electron chi connectivity index (χ2n) is 3.21. The number of hydrogen-bond acceptors (Lipinski definition) is 4. The van der Waals surface area contributed by atoms with E-state index in [4.69, 9.17) is 4.74 Å². The van der Waals surface area contributed by atoms with Crippen molar-refractivity contribution in [1.29, 1.82) is 0 Å². The fourth-order valence-corrected chi connectivity index (χ4v) is 1.88. The lowest BCUT2D eigenvalue weighted by Gasteiger charge is -2.13. The lowest BCUT2D eigenvalue weighted by atomic mass is 10.0. The predicted octanol–water partition coefficient (Wildman–Crippen LogP) is 2.39. The second-order valence-corrected chi connectivity index (χ2v) is 3.77. The third-order valence-electron chi connectivity index (χ3n) is 2.34. The van der Waals surface area contributed by atoms with Crippen molar-refractivity contribution in [3.8, 4) is 11.5 Å². The SMILES string of the molecule is COC(=O)c1c(CBr)cc(OC)c(C)c1O. The number of carbonyl (C=O) groups is 1. The van der Waals surface area contributed by atoms with Crippen molar-refractivity contribution in [2.75, 3.05) is 14.2 Å². The number of rotatable bonds is 3. The Morgan fingerprint density at radius 2 is 2.12 bits per heavy atom. The minimum Gasteiger partial charge on any atom is -0.507 e. The summed E-state index contributed by atoms with van der Waals surface area (Å²) in [6.07, 6.45) is 0. The zero-order valence-corrected chi connectivity index (χ0v) is 10.9. The molecule has 0 aliphatic rings. The van der Waals surface area contributed by atoms with Crippen molar-refractivity contribution in [3.05, 3.63) is 22.8 Å². The van der Waals surface area contributed by atoms with Gasteiger partial charge in [-0.2, -0.15) is 0 Å². The Balaban J connectivity index is 3.47. The van der Waals surface area contributed by atoms with E-state index in [1.54, 1.807) is 13.0 Å². The van der Waals surface area contributed by atoms with Crippen molar-refractivity contribution in [2.45, 2.75) is 12.3 Å². The van der Waals surface area contributed by atoms with Crippen molar-refractivity contribution in [1.82, 2.24) is 0 Å². The average molecular weight is 289 g/mol. The summed E-state index contributed by atoms with van der Waals surface area (Å²) in [5, 5.41) is 10.4. The molecule has 4 nitrogen and oxygen atoms in total. The van der Waals surface area contributed by atoms with Gasteiger partial charge in [0.1, 0.15) is 17.1 Å². The van der Waals surface area contributed by atoms with E-state index < -0.39 is 5.97 Å². The summed E-state index contributed by atoms with van der Waals surface area (Å²) >= 11 is 3.25. The molecule has 88 valence electrons. The Bertz CT molecular complexity index is 415. The van der Waals surface area contributed by atoms with Gasteiger partial charge in [0.25, 0.3) is 0 Å². The summed E-state index contributed by atoms with van der Waals surface area (Å²) in [5.74, 6) is -0.113. The number of alkyl halides is 1.